The molecule has 0 aliphatic carbocycles. The monoisotopic (exact) mass is 342 g/mol. The summed E-state index contributed by atoms with van der Waals surface area (Å²) in [6.07, 6.45) is 2.52. The number of benzene rings is 1. The Kier molecular flexibility index (Phi) is 6.54. The molecule has 1 aromatic rings. The van der Waals surface area contributed by atoms with Crippen LogP contribution in [0.1, 0.15) is 38.7 Å². The van der Waals surface area contributed by atoms with Crippen LogP contribution in [0.4, 0.5) is 0 Å². The van der Waals surface area contributed by atoms with Gasteiger partial charge in [0.05, 0.1) is 0 Å². The zero-order valence-corrected chi connectivity index (χ0v) is 14.8. The minimum Gasteiger partial charge on any atom is -0.334 e. The Labute approximate surface area is 143 Å². The van der Waals surface area contributed by atoms with E-state index in [0.717, 1.165) is 31.5 Å². The molecule has 1 aliphatic rings. The van der Waals surface area contributed by atoms with Crippen molar-refractivity contribution in [3.8, 4) is 0 Å². The largest absolute Gasteiger partial charge is 0.334 e. The van der Waals surface area contributed by atoms with Gasteiger partial charge in [0.1, 0.15) is 0 Å². The fourth-order valence-electron chi connectivity index (χ4n) is 2.72. The molecule has 0 saturated carbocycles. The predicted octanol–water partition coefficient (Wildman–Crippen LogP) is 4.12. The summed E-state index contributed by atoms with van der Waals surface area (Å²) in [5, 5.41) is 4.58. The molecule has 0 spiro atoms. The molecule has 5 heteroatoms. The summed E-state index contributed by atoms with van der Waals surface area (Å²) in [7, 11) is 0. The van der Waals surface area contributed by atoms with Crippen LogP contribution in [0.2, 0.25) is 10.0 Å². The van der Waals surface area contributed by atoms with E-state index in [9.17, 15) is 4.79 Å². The van der Waals surface area contributed by atoms with Crippen LogP contribution in [0.5, 0.6) is 0 Å². The summed E-state index contributed by atoms with van der Waals surface area (Å²) in [4.78, 5) is 14.6. The molecule has 1 heterocycles. The highest BCUT2D eigenvalue weighted by Crippen LogP contribution is 2.24. The fourth-order valence-corrected chi connectivity index (χ4v) is 3.18. The number of carbonyl (C=O) groups is 1. The molecule has 0 radical (unpaired) electrons. The quantitative estimate of drug-likeness (QED) is 0.843. The minimum absolute atomic E-state index is 0.216. The molecule has 22 heavy (non-hydrogen) atoms. The molecule has 3 nitrogen and oxygen atoms in total. The number of carbonyl (C=O) groups excluding carboxylic acids is 1. The van der Waals surface area contributed by atoms with Crippen LogP contribution in [0, 0.1) is 5.92 Å². The molecule has 1 aromatic carbocycles. The van der Waals surface area contributed by atoms with E-state index in [0.29, 0.717) is 28.9 Å². The maximum Gasteiger partial charge on any atom is 0.223 e. The summed E-state index contributed by atoms with van der Waals surface area (Å²) in [6.45, 7) is 6.67. The molecule has 122 valence electrons. The highest BCUT2D eigenvalue weighted by atomic mass is 35.5. The normalized spacial score (nSPS) is 18.0. The molecular formula is C17H24Cl2N2O. The van der Waals surface area contributed by atoms with Gasteiger partial charge in [-0.25, -0.2) is 0 Å². The van der Waals surface area contributed by atoms with Gasteiger partial charge in [0.2, 0.25) is 5.91 Å². The number of rotatable bonds is 6. The van der Waals surface area contributed by atoms with E-state index < -0.39 is 0 Å². The lowest BCUT2D eigenvalue weighted by molar-refractivity contribution is -0.134. The van der Waals surface area contributed by atoms with Gasteiger partial charge in [-0.1, -0.05) is 43.1 Å². The average molecular weight is 343 g/mol. The van der Waals surface area contributed by atoms with Crippen LogP contribution >= 0.6 is 23.2 Å². The van der Waals surface area contributed by atoms with E-state index in [1.165, 1.54) is 0 Å². The molecule has 1 aliphatic heterocycles. The first kappa shape index (κ1) is 17.6. The van der Waals surface area contributed by atoms with Gasteiger partial charge in [-0.05, 0) is 43.0 Å². The first-order valence-electron chi connectivity index (χ1n) is 7.91. The second-order valence-corrected chi connectivity index (χ2v) is 7.18. The summed E-state index contributed by atoms with van der Waals surface area (Å²) in [6, 6.07) is 5.73. The fraction of sp³-hybridized carbons (Fsp3) is 0.588. The van der Waals surface area contributed by atoms with Gasteiger partial charge < -0.3 is 10.2 Å². The van der Waals surface area contributed by atoms with Gasteiger partial charge in [0.25, 0.3) is 0 Å². The first-order chi connectivity index (χ1) is 10.5. The molecule has 1 atom stereocenters. The molecule has 1 amide bonds. The summed E-state index contributed by atoms with van der Waals surface area (Å²) in [5.41, 5.74) is 0.955. The van der Waals surface area contributed by atoms with E-state index in [1.807, 2.05) is 17.0 Å². The topological polar surface area (TPSA) is 32.3 Å². The highest BCUT2D eigenvalue weighted by Gasteiger charge is 2.27. The van der Waals surface area contributed by atoms with Crippen LogP contribution < -0.4 is 5.32 Å². The maximum absolute atomic E-state index is 12.6. The van der Waals surface area contributed by atoms with Crippen molar-refractivity contribution in [2.24, 2.45) is 5.92 Å². The SMILES string of the molecule is CC(C)CCC(=O)N(Cc1ccc(Cl)cc1Cl)[C@H]1CCNC1. The summed E-state index contributed by atoms with van der Waals surface area (Å²) in [5.74, 6) is 0.750. The van der Waals surface area contributed by atoms with Crippen molar-refractivity contribution < 1.29 is 4.79 Å². The van der Waals surface area contributed by atoms with E-state index in [2.05, 4.69) is 19.2 Å². The molecule has 1 fully saturated rings. The second-order valence-electron chi connectivity index (χ2n) is 6.34. The number of nitrogens with zero attached hydrogens (tertiary/aromatic N) is 1. The highest BCUT2D eigenvalue weighted by molar-refractivity contribution is 6.35. The molecule has 0 unspecified atom stereocenters. The standard InChI is InChI=1S/C17H24Cl2N2O/c1-12(2)3-6-17(22)21(15-7-8-20-10-15)11-13-4-5-14(18)9-16(13)19/h4-5,9,12,15,20H,3,6-8,10-11H2,1-2H3/t15-/m0/s1. The zero-order chi connectivity index (χ0) is 16.1. The third-order valence-corrected chi connectivity index (χ3v) is 4.67. The first-order valence-corrected chi connectivity index (χ1v) is 8.67. The number of hydrogen-bond acceptors (Lipinski definition) is 2. The van der Waals surface area contributed by atoms with Gasteiger partial charge >= 0.3 is 0 Å². The smallest absolute Gasteiger partial charge is 0.223 e. The van der Waals surface area contributed by atoms with E-state index in [1.54, 1.807) is 6.07 Å². The van der Waals surface area contributed by atoms with Crippen molar-refractivity contribution in [3.63, 3.8) is 0 Å². The van der Waals surface area contributed by atoms with Crippen molar-refractivity contribution in [1.29, 1.82) is 0 Å². The Balaban J connectivity index is 2.11. The van der Waals surface area contributed by atoms with Crippen LogP contribution in [-0.2, 0) is 11.3 Å². The lowest BCUT2D eigenvalue weighted by Gasteiger charge is -2.29. The lowest BCUT2D eigenvalue weighted by Crippen LogP contribution is -2.41. The average Bonchev–Trinajstić information content (AvgIpc) is 2.98. The summed E-state index contributed by atoms with van der Waals surface area (Å²) < 4.78 is 0. The lowest BCUT2D eigenvalue weighted by atomic mass is 10.1. The molecule has 1 N–H and O–H groups in total. The van der Waals surface area contributed by atoms with Crippen molar-refractivity contribution in [2.45, 2.75) is 45.7 Å². The molecular weight excluding hydrogens is 319 g/mol. The second kappa shape index (κ2) is 8.19. The Morgan fingerprint density at radius 2 is 2.18 bits per heavy atom. The summed E-state index contributed by atoms with van der Waals surface area (Å²) >= 11 is 12.2. The Bertz CT molecular complexity index is 513. The zero-order valence-electron chi connectivity index (χ0n) is 13.2. The van der Waals surface area contributed by atoms with Gasteiger partial charge in [-0.3, -0.25) is 4.79 Å². The van der Waals surface area contributed by atoms with Crippen molar-refractivity contribution in [1.82, 2.24) is 10.2 Å². The van der Waals surface area contributed by atoms with Gasteiger partial charge in [-0.2, -0.15) is 0 Å². The Hall–Kier alpha value is -0.770. The predicted molar refractivity (Wildman–Crippen MR) is 92.4 cm³/mol. The van der Waals surface area contributed by atoms with E-state index in [-0.39, 0.29) is 11.9 Å². The van der Waals surface area contributed by atoms with Crippen LogP contribution in [0.25, 0.3) is 0 Å². The number of hydrogen-bond donors (Lipinski definition) is 1. The van der Waals surface area contributed by atoms with Gasteiger partial charge in [0, 0.05) is 35.6 Å². The molecule has 0 aromatic heterocycles. The van der Waals surface area contributed by atoms with Gasteiger partial charge in [-0.15, -0.1) is 0 Å². The van der Waals surface area contributed by atoms with Crippen LogP contribution in [0.15, 0.2) is 18.2 Å². The van der Waals surface area contributed by atoms with Crippen molar-refractivity contribution >= 4 is 29.1 Å². The minimum atomic E-state index is 0.216. The maximum atomic E-state index is 12.6. The molecule has 1 saturated heterocycles. The van der Waals surface area contributed by atoms with E-state index in [4.69, 9.17) is 23.2 Å². The third-order valence-electron chi connectivity index (χ3n) is 4.09. The number of amides is 1. The number of halogens is 2. The molecule has 2 rings (SSSR count). The van der Waals surface area contributed by atoms with Gasteiger partial charge in [0.15, 0.2) is 0 Å². The Morgan fingerprint density at radius 1 is 1.41 bits per heavy atom. The third kappa shape index (κ3) is 4.87. The number of nitrogens with one attached hydrogen (secondary N) is 1. The van der Waals surface area contributed by atoms with Crippen LogP contribution in [-0.4, -0.2) is 29.9 Å². The van der Waals surface area contributed by atoms with Crippen molar-refractivity contribution in [2.75, 3.05) is 13.1 Å². The van der Waals surface area contributed by atoms with E-state index >= 15 is 0 Å². The van der Waals surface area contributed by atoms with Crippen molar-refractivity contribution in [3.05, 3.63) is 33.8 Å². The Morgan fingerprint density at radius 3 is 2.77 bits per heavy atom. The molecule has 0 bridgehead atoms. The van der Waals surface area contributed by atoms with Crippen LogP contribution in [0.3, 0.4) is 0 Å².